The zero-order chi connectivity index (χ0) is 14.5. The quantitative estimate of drug-likeness (QED) is 0.253. The minimum absolute atomic E-state index is 0.0473. The number of amides is 1. The van der Waals surface area contributed by atoms with Gasteiger partial charge in [0, 0.05) is 6.54 Å². The van der Waals surface area contributed by atoms with E-state index in [0.29, 0.717) is 6.61 Å². The Morgan fingerprint density at radius 1 is 1.50 bits per heavy atom. The molecule has 1 aliphatic rings. The number of aliphatic imine (C=N–C) groups is 1. The number of anilines is 2. The number of carbonyl (C=O) groups is 1. The molecule has 0 saturated carbocycles. The third kappa shape index (κ3) is 3.51. The fraction of sp³-hybridized carbons (Fsp3) is 0.333. The van der Waals surface area contributed by atoms with Gasteiger partial charge in [0.2, 0.25) is 0 Å². The second kappa shape index (κ2) is 6.43. The number of carbonyl (C=O) groups excluding carboxylic acids is 1. The van der Waals surface area contributed by atoms with Crippen LogP contribution in [0.25, 0.3) is 0 Å². The summed E-state index contributed by atoms with van der Waals surface area (Å²) in [5.41, 5.74) is 16.1. The molecule has 1 aromatic heterocycles. The normalized spacial score (nSPS) is 18.6. The Kier molecular flexibility index (Phi) is 4.63. The summed E-state index contributed by atoms with van der Waals surface area (Å²) in [4.78, 5) is 22.7. The third-order valence-corrected chi connectivity index (χ3v) is 2.56. The summed E-state index contributed by atoms with van der Waals surface area (Å²) in [6.45, 7) is 1.34. The van der Waals surface area contributed by atoms with Gasteiger partial charge < -0.3 is 21.6 Å². The van der Waals surface area contributed by atoms with Crippen LogP contribution in [0.5, 0.6) is 0 Å². The van der Waals surface area contributed by atoms with Crippen LogP contribution in [-0.4, -0.2) is 41.7 Å². The minimum atomic E-state index is -0.702. The molecule has 1 fully saturated rings. The van der Waals surface area contributed by atoms with Crippen molar-refractivity contribution in [1.82, 2.24) is 26.1 Å². The molecule has 11 heteroatoms. The maximum Gasteiger partial charge on any atom is 0.300 e. The molecule has 1 saturated heterocycles. The number of aromatic nitrogens is 2. The lowest BCUT2D eigenvalue weighted by Crippen LogP contribution is -2.46. The van der Waals surface area contributed by atoms with Gasteiger partial charge in [-0.2, -0.15) is 10.4 Å². The van der Waals surface area contributed by atoms with E-state index >= 15 is 0 Å². The van der Waals surface area contributed by atoms with Gasteiger partial charge in [0.05, 0.1) is 6.61 Å². The number of hydrogen-bond acceptors (Lipinski definition) is 8. The van der Waals surface area contributed by atoms with Crippen LogP contribution in [-0.2, 0) is 4.74 Å². The highest BCUT2D eigenvalue weighted by molar-refractivity contribution is 6.31. The summed E-state index contributed by atoms with van der Waals surface area (Å²) in [6.07, 6.45) is 0.796. The zero-order valence-electron chi connectivity index (χ0n) is 10.3. The molecule has 0 aromatic carbocycles. The van der Waals surface area contributed by atoms with Crippen LogP contribution < -0.4 is 27.6 Å². The van der Waals surface area contributed by atoms with Crippen LogP contribution >= 0.6 is 11.6 Å². The largest absolute Gasteiger partial charge is 0.382 e. The van der Waals surface area contributed by atoms with E-state index in [2.05, 4.69) is 31.1 Å². The number of nitrogens with two attached hydrogens (primary N) is 2. The van der Waals surface area contributed by atoms with E-state index in [-0.39, 0.29) is 28.8 Å². The number of hydrazine groups is 1. The molecule has 1 amide bonds. The Labute approximate surface area is 118 Å². The van der Waals surface area contributed by atoms with Crippen molar-refractivity contribution in [3.8, 4) is 0 Å². The van der Waals surface area contributed by atoms with Gasteiger partial charge in [-0.25, -0.2) is 9.97 Å². The van der Waals surface area contributed by atoms with Crippen molar-refractivity contribution >= 4 is 35.5 Å². The van der Waals surface area contributed by atoms with Crippen molar-refractivity contribution in [2.24, 2.45) is 4.99 Å². The van der Waals surface area contributed by atoms with Gasteiger partial charge in [0.15, 0.2) is 28.8 Å². The van der Waals surface area contributed by atoms with E-state index in [9.17, 15) is 4.79 Å². The SMILES string of the molecule is Nc1nc(N)c(C(=O)N=CNNC2NCCO2)nc1Cl. The standard InChI is InChI=1S/C9H13ClN8O2/c10-5-7(12)17-6(11)4(16-5)8(19)14-3-15-18-9-13-1-2-20-9/h3,9,13,18H,1-2H2,(H4,11,12,17)(H,14,15,19). The summed E-state index contributed by atoms with van der Waals surface area (Å²) in [6, 6.07) is 0. The van der Waals surface area contributed by atoms with Gasteiger partial charge in [0.25, 0.3) is 0 Å². The Morgan fingerprint density at radius 3 is 3.00 bits per heavy atom. The van der Waals surface area contributed by atoms with Crippen LogP contribution in [0.3, 0.4) is 0 Å². The highest BCUT2D eigenvalue weighted by Gasteiger charge is 2.15. The van der Waals surface area contributed by atoms with Gasteiger partial charge >= 0.3 is 5.91 Å². The molecule has 2 rings (SSSR count). The van der Waals surface area contributed by atoms with Crippen molar-refractivity contribution in [1.29, 1.82) is 0 Å². The van der Waals surface area contributed by atoms with Gasteiger partial charge in [-0.1, -0.05) is 11.6 Å². The summed E-state index contributed by atoms with van der Waals surface area (Å²) in [5.74, 6) is -0.886. The molecule has 1 aliphatic heterocycles. The fourth-order valence-corrected chi connectivity index (χ4v) is 1.51. The molecule has 0 radical (unpaired) electrons. The molecule has 108 valence electrons. The minimum Gasteiger partial charge on any atom is -0.382 e. The molecule has 1 atom stereocenters. The highest BCUT2D eigenvalue weighted by atomic mass is 35.5. The maximum absolute atomic E-state index is 11.7. The molecular weight excluding hydrogens is 288 g/mol. The molecule has 1 unspecified atom stereocenters. The summed E-state index contributed by atoms with van der Waals surface area (Å²) in [5, 5.41) is 2.88. The van der Waals surface area contributed by atoms with Crippen LogP contribution in [0.4, 0.5) is 11.6 Å². The van der Waals surface area contributed by atoms with E-state index in [1.54, 1.807) is 0 Å². The van der Waals surface area contributed by atoms with Crippen molar-refractivity contribution in [2.45, 2.75) is 6.35 Å². The van der Waals surface area contributed by atoms with Crippen LogP contribution in [0.1, 0.15) is 10.5 Å². The number of hydrogen-bond donors (Lipinski definition) is 5. The topological polar surface area (TPSA) is 153 Å². The fourth-order valence-electron chi connectivity index (χ4n) is 1.38. The first kappa shape index (κ1) is 14.4. The van der Waals surface area contributed by atoms with Gasteiger partial charge in [-0.3, -0.25) is 10.1 Å². The lowest BCUT2D eigenvalue weighted by molar-refractivity contribution is 0.0678. The van der Waals surface area contributed by atoms with E-state index in [1.165, 1.54) is 0 Å². The zero-order valence-corrected chi connectivity index (χ0v) is 11.0. The van der Waals surface area contributed by atoms with Crippen LogP contribution in [0, 0.1) is 0 Å². The predicted octanol–water partition coefficient (Wildman–Crippen LogP) is -1.54. The Balaban J connectivity index is 1.92. The molecule has 2 heterocycles. The molecule has 7 N–H and O–H groups in total. The number of rotatable bonds is 4. The molecule has 10 nitrogen and oxygen atoms in total. The Morgan fingerprint density at radius 2 is 2.30 bits per heavy atom. The summed E-state index contributed by atoms with van der Waals surface area (Å²) < 4.78 is 5.19. The average Bonchev–Trinajstić information content (AvgIpc) is 2.92. The second-order valence-electron chi connectivity index (χ2n) is 3.69. The summed E-state index contributed by atoms with van der Waals surface area (Å²) in [7, 11) is 0. The van der Waals surface area contributed by atoms with Crippen molar-refractivity contribution < 1.29 is 9.53 Å². The van der Waals surface area contributed by atoms with E-state index in [4.69, 9.17) is 27.8 Å². The number of halogens is 1. The molecule has 20 heavy (non-hydrogen) atoms. The van der Waals surface area contributed by atoms with Crippen molar-refractivity contribution in [3.05, 3.63) is 10.8 Å². The van der Waals surface area contributed by atoms with Crippen LogP contribution in [0.2, 0.25) is 5.15 Å². The second-order valence-corrected chi connectivity index (χ2v) is 4.05. The third-order valence-electron chi connectivity index (χ3n) is 2.28. The number of ether oxygens (including phenoxy) is 1. The Bertz CT molecular complexity index is 531. The predicted molar refractivity (Wildman–Crippen MR) is 72.7 cm³/mol. The molecule has 1 aromatic rings. The number of nitrogens with one attached hydrogen (secondary N) is 3. The van der Waals surface area contributed by atoms with E-state index in [0.717, 1.165) is 12.9 Å². The number of nitrogens with zero attached hydrogens (tertiary/aromatic N) is 3. The lowest BCUT2D eigenvalue weighted by Gasteiger charge is -2.10. The molecule has 0 aliphatic carbocycles. The van der Waals surface area contributed by atoms with Crippen molar-refractivity contribution in [2.75, 3.05) is 24.6 Å². The number of nitrogen functional groups attached to an aromatic ring is 2. The highest BCUT2D eigenvalue weighted by Crippen LogP contribution is 2.17. The average molecular weight is 301 g/mol. The van der Waals surface area contributed by atoms with E-state index in [1.807, 2.05) is 0 Å². The summed E-state index contributed by atoms with van der Waals surface area (Å²) >= 11 is 5.67. The maximum atomic E-state index is 11.7. The van der Waals surface area contributed by atoms with Gasteiger partial charge in [0.1, 0.15) is 6.34 Å². The first-order valence-corrected chi connectivity index (χ1v) is 5.97. The molecular formula is C9H13ClN8O2. The van der Waals surface area contributed by atoms with Crippen molar-refractivity contribution in [3.63, 3.8) is 0 Å². The smallest absolute Gasteiger partial charge is 0.300 e. The Hall–Kier alpha value is -2.01. The molecule has 0 bridgehead atoms. The van der Waals surface area contributed by atoms with E-state index < -0.39 is 5.91 Å². The monoisotopic (exact) mass is 300 g/mol. The first-order valence-electron chi connectivity index (χ1n) is 5.59. The van der Waals surface area contributed by atoms with Crippen LogP contribution in [0.15, 0.2) is 4.99 Å². The van der Waals surface area contributed by atoms with Gasteiger partial charge in [-0.15, -0.1) is 0 Å². The lowest BCUT2D eigenvalue weighted by atomic mass is 10.4. The van der Waals surface area contributed by atoms with Gasteiger partial charge in [-0.05, 0) is 0 Å². The first-order chi connectivity index (χ1) is 9.58. The molecule has 0 spiro atoms.